The molecule has 2 saturated heterocycles. The van der Waals surface area contributed by atoms with Crippen molar-refractivity contribution in [2.24, 2.45) is 0 Å². The summed E-state index contributed by atoms with van der Waals surface area (Å²) in [4.78, 5) is 16.2. The van der Waals surface area contributed by atoms with Crippen molar-refractivity contribution in [1.29, 1.82) is 0 Å². The number of nitrogens with zero attached hydrogens (tertiary/aromatic N) is 2. The number of hydrogen-bond donors (Lipinski definition) is 1. The smallest absolute Gasteiger partial charge is 0.277 e. The Morgan fingerprint density at radius 2 is 1.95 bits per heavy atom. The van der Waals surface area contributed by atoms with E-state index in [2.05, 4.69) is 10.2 Å². The van der Waals surface area contributed by atoms with Gasteiger partial charge < -0.3 is 10.1 Å². The molecule has 2 aliphatic rings. The number of thiocarbonyl (C=S) groups is 1. The fourth-order valence-electron chi connectivity index (χ4n) is 2.36. The van der Waals surface area contributed by atoms with Gasteiger partial charge in [0.15, 0.2) is 5.11 Å². The average Bonchev–Trinajstić information content (AvgIpc) is 2.77. The van der Waals surface area contributed by atoms with Crippen LogP contribution in [-0.2, 0) is 9.53 Å². The van der Waals surface area contributed by atoms with Crippen molar-refractivity contribution in [3.05, 3.63) is 41.6 Å². The topological polar surface area (TPSA) is 44.8 Å². The highest BCUT2D eigenvalue weighted by Gasteiger charge is 2.32. The zero-order valence-corrected chi connectivity index (χ0v) is 12.4. The lowest BCUT2D eigenvalue weighted by atomic mass is 10.2. The summed E-state index contributed by atoms with van der Waals surface area (Å²) in [6.45, 7) is 3.57. The minimum atomic E-state index is -0.0738. The molecule has 1 N–H and O–H groups in total. The summed E-state index contributed by atoms with van der Waals surface area (Å²) in [5, 5.41) is 3.47. The first kappa shape index (κ1) is 14.2. The van der Waals surface area contributed by atoms with Crippen LogP contribution in [0.3, 0.4) is 0 Å². The van der Waals surface area contributed by atoms with E-state index in [1.807, 2.05) is 36.4 Å². The van der Waals surface area contributed by atoms with Gasteiger partial charge in [-0.15, -0.1) is 0 Å². The third kappa shape index (κ3) is 3.29. The maximum absolute atomic E-state index is 12.4. The SMILES string of the molecule is O=C1/C(=C\c2ccccc2)NC(=S)N1CN1CCOCC1. The highest BCUT2D eigenvalue weighted by molar-refractivity contribution is 7.80. The Bertz CT molecular complexity index is 568. The number of carbonyl (C=O) groups is 1. The molecule has 6 heteroatoms. The number of nitrogens with one attached hydrogen (secondary N) is 1. The van der Waals surface area contributed by atoms with Gasteiger partial charge in [0.1, 0.15) is 5.70 Å². The maximum Gasteiger partial charge on any atom is 0.277 e. The van der Waals surface area contributed by atoms with E-state index in [1.165, 1.54) is 0 Å². The van der Waals surface area contributed by atoms with Gasteiger partial charge in [0, 0.05) is 13.1 Å². The first-order valence-electron chi connectivity index (χ1n) is 6.94. The van der Waals surface area contributed by atoms with Gasteiger partial charge in [0.2, 0.25) is 0 Å². The van der Waals surface area contributed by atoms with Crippen molar-refractivity contribution in [1.82, 2.24) is 15.1 Å². The van der Waals surface area contributed by atoms with Gasteiger partial charge in [-0.2, -0.15) is 0 Å². The quantitative estimate of drug-likeness (QED) is 0.667. The molecule has 0 atom stereocenters. The van der Waals surface area contributed by atoms with Gasteiger partial charge in [-0.25, -0.2) is 0 Å². The minimum absolute atomic E-state index is 0.0738. The Morgan fingerprint density at radius 3 is 2.67 bits per heavy atom. The lowest BCUT2D eigenvalue weighted by molar-refractivity contribution is -0.124. The Hall–Kier alpha value is -1.76. The van der Waals surface area contributed by atoms with E-state index in [-0.39, 0.29) is 5.91 Å². The highest BCUT2D eigenvalue weighted by Crippen LogP contribution is 2.15. The molecular weight excluding hydrogens is 286 g/mol. The summed E-state index contributed by atoms with van der Waals surface area (Å²) in [5.41, 5.74) is 1.50. The van der Waals surface area contributed by atoms with E-state index in [4.69, 9.17) is 17.0 Å². The van der Waals surface area contributed by atoms with Crippen molar-refractivity contribution in [3.63, 3.8) is 0 Å². The van der Waals surface area contributed by atoms with E-state index in [1.54, 1.807) is 4.90 Å². The van der Waals surface area contributed by atoms with Crippen molar-refractivity contribution in [2.75, 3.05) is 33.0 Å². The average molecular weight is 303 g/mol. The zero-order chi connectivity index (χ0) is 14.7. The highest BCUT2D eigenvalue weighted by atomic mass is 32.1. The Labute approximate surface area is 129 Å². The summed E-state index contributed by atoms with van der Waals surface area (Å²) in [6.07, 6.45) is 1.83. The molecular formula is C15H17N3O2S. The molecule has 0 saturated carbocycles. The summed E-state index contributed by atoms with van der Waals surface area (Å²) in [5.74, 6) is -0.0738. The van der Waals surface area contributed by atoms with Crippen molar-refractivity contribution in [3.8, 4) is 0 Å². The Morgan fingerprint density at radius 1 is 1.24 bits per heavy atom. The van der Waals surface area contributed by atoms with Crippen LogP contribution >= 0.6 is 12.2 Å². The summed E-state index contributed by atoms with van der Waals surface area (Å²) in [6, 6.07) is 9.73. The molecule has 0 radical (unpaired) electrons. The van der Waals surface area contributed by atoms with Gasteiger partial charge in [-0.1, -0.05) is 30.3 Å². The minimum Gasteiger partial charge on any atom is -0.379 e. The lowest BCUT2D eigenvalue weighted by Gasteiger charge is -2.29. The molecule has 5 nitrogen and oxygen atoms in total. The van der Waals surface area contributed by atoms with E-state index < -0.39 is 0 Å². The number of morpholine rings is 1. The first-order valence-corrected chi connectivity index (χ1v) is 7.34. The normalized spacial score (nSPS) is 21.9. The molecule has 3 rings (SSSR count). The van der Waals surface area contributed by atoms with Gasteiger partial charge >= 0.3 is 0 Å². The number of carbonyl (C=O) groups excluding carboxylic acids is 1. The summed E-state index contributed by atoms with van der Waals surface area (Å²) in [7, 11) is 0. The fraction of sp³-hybridized carbons (Fsp3) is 0.333. The fourth-order valence-corrected chi connectivity index (χ4v) is 2.61. The van der Waals surface area contributed by atoms with Crippen LogP contribution in [-0.4, -0.2) is 53.8 Å². The van der Waals surface area contributed by atoms with Crippen LogP contribution in [0.1, 0.15) is 5.56 Å². The number of rotatable bonds is 3. The van der Waals surface area contributed by atoms with Crippen LogP contribution in [0, 0.1) is 0 Å². The van der Waals surface area contributed by atoms with Gasteiger partial charge in [-0.3, -0.25) is 14.6 Å². The number of amides is 1. The first-order chi connectivity index (χ1) is 10.2. The standard InChI is InChI=1S/C15H17N3O2S/c19-14-13(10-12-4-2-1-3-5-12)16-15(21)18(14)11-17-6-8-20-9-7-17/h1-5,10H,6-9,11H2,(H,16,21)/b13-10+. The van der Waals surface area contributed by atoms with Crippen LogP contribution in [0.4, 0.5) is 0 Å². The Kier molecular flexibility index (Phi) is 4.28. The van der Waals surface area contributed by atoms with Gasteiger partial charge in [0.25, 0.3) is 5.91 Å². The summed E-state index contributed by atoms with van der Waals surface area (Å²) < 4.78 is 5.31. The molecule has 21 heavy (non-hydrogen) atoms. The molecule has 0 spiro atoms. The molecule has 2 heterocycles. The molecule has 0 aliphatic carbocycles. The number of ether oxygens (including phenoxy) is 1. The zero-order valence-electron chi connectivity index (χ0n) is 11.6. The van der Waals surface area contributed by atoms with Crippen molar-refractivity contribution in [2.45, 2.75) is 0 Å². The van der Waals surface area contributed by atoms with E-state index >= 15 is 0 Å². The van der Waals surface area contributed by atoms with Crippen LogP contribution in [0.15, 0.2) is 36.0 Å². The number of benzene rings is 1. The van der Waals surface area contributed by atoms with Crippen LogP contribution in [0.25, 0.3) is 6.08 Å². The predicted octanol–water partition coefficient (Wildman–Crippen LogP) is 1.03. The second-order valence-corrected chi connectivity index (χ2v) is 5.39. The lowest BCUT2D eigenvalue weighted by Crippen LogP contribution is -2.46. The number of hydrogen-bond acceptors (Lipinski definition) is 4. The second-order valence-electron chi connectivity index (χ2n) is 5.00. The van der Waals surface area contributed by atoms with Crippen molar-refractivity contribution < 1.29 is 9.53 Å². The maximum atomic E-state index is 12.4. The molecule has 2 aliphatic heterocycles. The Balaban J connectivity index is 1.71. The van der Waals surface area contributed by atoms with Gasteiger partial charge in [-0.05, 0) is 23.9 Å². The molecule has 0 bridgehead atoms. The molecule has 1 aromatic carbocycles. The van der Waals surface area contributed by atoms with Crippen molar-refractivity contribution >= 4 is 29.3 Å². The van der Waals surface area contributed by atoms with Crippen LogP contribution in [0.5, 0.6) is 0 Å². The van der Waals surface area contributed by atoms with Gasteiger partial charge in [0.05, 0.1) is 19.9 Å². The second kappa shape index (κ2) is 6.34. The molecule has 1 aromatic rings. The molecule has 1 amide bonds. The summed E-state index contributed by atoms with van der Waals surface area (Å²) >= 11 is 5.27. The van der Waals surface area contributed by atoms with Crippen LogP contribution in [0.2, 0.25) is 0 Å². The van der Waals surface area contributed by atoms with Crippen LogP contribution < -0.4 is 5.32 Å². The largest absolute Gasteiger partial charge is 0.379 e. The third-order valence-electron chi connectivity index (χ3n) is 3.52. The monoisotopic (exact) mass is 303 g/mol. The molecule has 110 valence electrons. The van der Waals surface area contributed by atoms with E-state index in [9.17, 15) is 4.79 Å². The third-order valence-corrected chi connectivity index (χ3v) is 3.84. The molecule has 2 fully saturated rings. The van der Waals surface area contributed by atoms with E-state index in [0.717, 1.165) is 18.7 Å². The molecule has 0 aromatic heterocycles. The van der Waals surface area contributed by atoms with E-state index in [0.29, 0.717) is 30.7 Å². The predicted molar refractivity (Wildman–Crippen MR) is 84.3 cm³/mol. The molecule has 0 unspecified atom stereocenters.